The summed E-state index contributed by atoms with van der Waals surface area (Å²) in [6.07, 6.45) is 0. The van der Waals surface area contributed by atoms with E-state index in [9.17, 15) is 4.79 Å². The molecule has 3 nitrogen and oxygen atoms in total. The molecular weight excluding hydrogens is 134 g/mol. The zero-order valence-electron chi connectivity index (χ0n) is 3.13. The van der Waals surface area contributed by atoms with E-state index >= 15 is 0 Å². The van der Waals surface area contributed by atoms with Gasteiger partial charge < -0.3 is 4.42 Å². The molecule has 0 spiro atoms. The summed E-state index contributed by atoms with van der Waals surface area (Å²) in [6.45, 7) is 0. The fourth-order valence-electron chi connectivity index (χ4n) is 0.201. The van der Waals surface area contributed by atoms with Crippen molar-refractivity contribution in [1.29, 1.82) is 0 Å². The van der Waals surface area contributed by atoms with Gasteiger partial charge in [-0.1, -0.05) is 0 Å². The fourth-order valence-corrected chi connectivity index (χ4v) is 0.787. The molecule has 1 rings (SSSR count). The van der Waals surface area contributed by atoms with Gasteiger partial charge in [0.25, 0.3) is 4.84 Å². The lowest BCUT2D eigenvalue weighted by Crippen LogP contribution is -1.79. The molecule has 0 radical (unpaired) electrons. The van der Waals surface area contributed by atoms with E-state index in [2.05, 4.69) is 21.0 Å². The van der Waals surface area contributed by atoms with E-state index in [1.807, 2.05) is 0 Å². The molecule has 1 aromatic heterocycles. The Labute approximate surface area is 47.8 Å². The summed E-state index contributed by atoms with van der Waals surface area (Å²) in [6, 6.07) is 0. The number of hydrogen-bond acceptors (Lipinski definition) is 4. The summed E-state index contributed by atoms with van der Waals surface area (Å²) in [7, 11) is 0. The SMILES string of the molecule is O=c1oc(=S)[nH]s1. The van der Waals surface area contributed by atoms with Crippen molar-refractivity contribution in [3.63, 3.8) is 0 Å². The van der Waals surface area contributed by atoms with Gasteiger partial charge in [0.15, 0.2) is 0 Å². The van der Waals surface area contributed by atoms with Crippen molar-refractivity contribution in [2.24, 2.45) is 0 Å². The zero-order chi connectivity index (χ0) is 5.28. The second-order valence-corrected chi connectivity index (χ2v) is 1.96. The van der Waals surface area contributed by atoms with Crippen LogP contribution in [0.1, 0.15) is 0 Å². The Kier molecular flexibility index (Phi) is 1.07. The fraction of sp³-hybridized carbons (Fsp3) is 0. The molecule has 0 unspecified atom stereocenters. The van der Waals surface area contributed by atoms with Gasteiger partial charge in [-0.15, -0.1) is 0 Å². The Morgan fingerprint density at radius 3 is 2.71 bits per heavy atom. The maximum atomic E-state index is 10.0. The number of H-pyrrole nitrogens is 1. The van der Waals surface area contributed by atoms with Crippen molar-refractivity contribution in [2.75, 3.05) is 0 Å². The first-order valence-corrected chi connectivity index (χ1v) is 2.70. The van der Waals surface area contributed by atoms with Gasteiger partial charge in [0.2, 0.25) is 0 Å². The maximum absolute atomic E-state index is 10.0. The molecule has 0 bridgehead atoms. The van der Waals surface area contributed by atoms with Crippen LogP contribution in [-0.4, -0.2) is 4.37 Å². The summed E-state index contributed by atoms with van der Waals surface area (Å²) in [4.78, 5) is 9.81. The van der Waals surface area contributed by atoms with E-state index in [-0.39, 0.29) is 9.78 Å². The van der Waals surface area contributed by atoms with Crippen molar-refractivity contribution in [3.8, 4) is 0 Å². The molecule has 0 saturated heterocycles. The van der Waals surface area contributed by atoms with Gasteiger partial charge in [-0.25, -0.2) is 4.79 Å². The second-order valence-electron chi connectivity index (χ2n) is 0.844. The predicted octanol–water partition coefficient (Wildman–Crippen LogP) is 0.759. The summed E-state index contributed by atoms with van der Waals surface area (Å²) in [5.41, 5.74) is 0. The van der Waals surface area contributed by atoms with Gasteiger partial charge in [-0.3, -0.25) is 4.37 Å². The minimum Gasteiger partial charge on any atom is -0.386 e. The molecule has 1 N–H and O–H groups in total. The van der Waals surface area contributed by atoms with Crippen molar-refractivity contribution in [3.05, 3.63) is 14.6 Å². The number of hydrogen-bond donors (Lipinski definition) is 1. The summed E-state index contributed by atoms with van der Waals surface area (Å²) in [5.74, 6) is 0. The van der Waals surface area contributed by atoms with Gasteiger partial charge in [0.1, 0.15) is 0 Å². The van der Waals surface area contributed by atoms with Crippen LogP contribution >= 0.6 is 23.8 Å². The van der Waals surface area contributed by atoms with E-state index in [0.717, 1.165) is 11.5 Å². The van der Waals surface area contributed by atoms with Crippen molar-refractivity contribution in [1.82, 2.24) is 4.37 Å². The van der Waals surface area contributed by atoms with Crippen LogP contribution in [0.15, 0.2) is 9.21 Å². The third-order valence-corrected chi connectivity index (χ3v) is 1.25. The lowest BCUT2D eigenvalue weighted by molar-refractivity contribution is 0.510. The number of rotatable bonds is 0. The van der Waals surface area contributed by atoms with Gasteiger partial charge >= 0.3 is 4.94 Å². The van der Waals surface area contributed by atoms with Gasteiger partial charge in [0, 0.05) is 11.5 Å². The average Bonchev–Trinajstić information content (AvgIpc) is 1.87. The van der Waals surface area contributed by atoms with Crippen LogP contribution in [0.4, 0.5) is 0 Å². The third-order valence-electron chi connectivity index (χ3n) is 0.394. The Bertz CT molecular complexity index is 218. The van der Waals surface area contributed by atoms with Crippen LogP contribution in [0.25, 0.3) is 0 Å². The molecule has 38 valence electrons. The van der Waals surface area contributed by atoms with E-state index in [1.54, 1.807) is 0 Å². The molecule has 0 fully saturated rings. The standard InChI is InChI=1S/C2HNO2S2/c4-2-5-1(6)3-7-2/h(H,3,6). The minimum absolute atomic E-state index is 0.148. The molecule has 0 aromatic carbocycles. The summed E-state index contributed by atoms with van der Waals surface area (Å²) >= 11 is 5.27. The average molecular weight is 135 g/mol. The highest BCUT2D eigenvalue weighted by Crippen LogP contribution is 1.80. The van der Waals surface area contributed by atoms with Crippen LogP contribution in [0, 0.1) is 4.84 Å². The first-order chi connectivity index (χ1) is 3.29. The Balaban J connectivity index is 3.59. The lowest BCUT2D eigenvalue weighted by atomic mass is 11.5. The minimum atomic E-state index is -0.384. The third kappa shape index (κ3) is 0.971. The normalized spacial score (nSPS) is 9.14. The molecule has 1 aromatic rings. The molecule has 0 saturated carbocycles. The van der Waals surface area contributed by atoms with Crippen molar-refractivity contribution < 1.29 is 4.42 Å². The van der Waals surface area contributed by atoms with Crippen molar-refractivity contribution in [2.45, 2.75) is 0 Å². The van der Waals surface area contributed by atoms with E-state index in [0.29, 0.717) is 0 Å². The Morgan fingerprint density at radius 2 is 2.57 bits per heavy atom. The molecule has 0 aliphatic rings. The largest absolute Gasteiger partial charge is 0.413 e. The molecule has 1 heterocycles. The van der Waals surface area contributed by atoms with Gasteiger partial charge in [0.05, 0.1) is 0 Å². The van der Waals surface area contributed by atoms with Crippen LogP contribution in [0.5, 0.6) is 0 Å². The lowest BCUT2D eigenvalue weighted by Gasteiger charge is -1.52. The molecule has 0 aliphatic heterocycles. The topological polar surface area (TPSA) is 46.0 Å². The molecule has 7 heavy (non-hydrogen) atoms. The Morgan fingerprint density at radius 1 is 1.86 bits per heavy atom. The first kappa shape index (κ1) is 4.73. The number of nitrogens with one attached hydrogen (secondary N) is 1. The Hall–Kier alpha value is -0.420. The highest BCUT2D eigenvalue weighted by molar-refractivity contribution is 7.71. The van der Waals surface area contributed by atoms with E-state index in [1.165, 1.54) is 0 Å². The van der Waals surface area contributed by atoms with Crippen LogP contribution in [0.3, 0.4) is 0 Å². The van der Waals surface area contributed by atoms with Crippen LogP contribution in [0.2, 0.25) is 0 Å². The molecule has 5 heteroatoms. The number of aromatic nitrogens is 1. The highest BCUT2D eigenvalue weighted by atomic mass is 32.1. The molecule has 0 aliphatic carbocycles. The molecule has 0 amide bonds. The van der Waals surface area contributed by atoms with Crippen LogP contribution < -0.4 is 4.94 Å². The van der Waals surface area contributed by atoms with E-state index in [4.69, 9.17) is 0 Å². The zero-order valence-corrected chi connectivity index (χ0v) is 4.77. The van der Waals surface area contributed by atoms with Crippen molar-refractivity contribution >= 4 is 23.8 Å². The first-order valence-electron chi connectivity index (χ1n) is 1.47. The maximum Gasteiger partial charge on any atom is 0.413 e. The summed E-state index contributed by atoms with van der Waals surface area (Å²) < 4.78 is 6.75. The smallest absolute Gasteiger partial charge is 0.386 e. The predicted molar refractivity (Wildman–Crippen MR) is 28.0 cm³/mol. The van der Waals surface area contributed by atoms with E-state index < -0.39 is 0 Å². The monoisotopic (exact) mass is 135 g/mol. The highest BCUT2D eigenvalue weighted by Gasteiger charge is 1.82. The number of aromatic amines is 1. The van der Waals surface area contributed by atoms with Gasteiger partial charge in [-0.2, -0.15) is 0 Å². The van der Waals surface area contributed by atoms with Crippen LogP contribution in [-0.2, 0) is 0 Å². The quantitative estimate of drug-likeness (QED) is 0.534. The molecular formula is C2HNO2S2. The molecule has 0 atom stereocenters. The van der Waals surface area contributed by atoms with Gasteiger partial charge in [-0.05, 0) is 12.2 Å². The summed E-state index contributed by atoms with van der Waals surface area (Å²) in [5, 5.41) is 0. The second kappa shape index (κ2) is 1.59.